The van der Waals surface area contributed by atoms with Crippen LogP contribution in [0.15, 0.2) is 30.7 Å². The maximum Gasteiger partial charge on any atom is 0.265 e. The molecular formula is C23H25F2N7O. The summed E-state index contributed by atoms with van der Waals surface area (Å²) in [7, 11) is 0. The number of nitrogens with zero attached hydrogens (tertiary/aromatic N) is 6. The summed E-state index contributed by atoms with van der Waals surface area (Å²) in [6.07, 6.45) is 5.89. The van der Waals surface area contributed by atoms with E-state index in [-0.39, 0.29) is 34.6 Å². The maximum atomic E-state index is 13.7. The number of Topliss-reactive ketones (excluding diaryl/α,β-unsaturated/α-hetero) is 1. The van der Waals surface area contributed by atoms with Gasteiger partial charge in [-0.05, 0) is 44.4 Å². The summed E-state index contributed by atoms with van der Waals surface area (Å²) in [5.41, 5.74) is 0.929. The Morgan fingerprint density at radius 3 is 2.76 bits per heavy atom. The maximum absolute atomic E-state index is 13.7. The Bertz CT molecular complexity index is 1190. The molecule has 172 valence electrons. The SMILES string of the molecule is CC[C@@H]1c2nncn2-c2cnc(Nc3ccc(C(C)=O)cc3C(F)F)nc2N1C1CCCC1. The van der Waals surface area contributed by atoms with Gasteiger partial charge in [0.25, 0.3) is 6.43 Å². The highest BCUT2D eigenvalue weighted by Gasteiger charge is 2.38. The third-order valence-electron chi connectivity index (χ3n) is 6.51. The van der Waals surface area contributed by atoms with Gasteiger partial charge in [0, 0.05) is 22.9 Å². The van der Waals surface area contributed by atoms with Gasteiger partial charge >= 0.3 is 0 Å². The van der Waals surface area contributed by atoms with E-state index in [0.717, 1.165) is 49.4 Å². The molecule has 10 heteroatoms. The molecule has 5 rings (SSSR count). The van der Waals surface area contributed by atoms with Gasteiger partial charge < -0.3 is 10.2 Å². The molecule has 1 atom stereocenters. The average molecular weight is 453 g/mol. The Balaban J connectivity index is 1.57. The summed E-state index contributed by atoms with van der Waals surface area (Å²) < 4.78 is 29.4. The van der Waals surface area contributed by atoms with Gasteiger partial charge in [0.1, 0.15) is 12.0 Å². The summed E-state index contributed by atoms with van der Waals surface area (Å²) in [4.78, 5) is 23.1. The van der Waals surface area contributed by atoms with Crippen molar-refractivity contribution < 1.29 is 13.6 Å². The van der Waals surface area contributed by atoms with Crippen LogP contribution in [0.4, 0.5) is 26.2 Å². The highest BCUT2D eigenvalue weighted by atomic mass is 19.3. The van der Waals surface area contributed by atoms with E-state index in [1.165, 1.54) is 25.1 Å². The zero-order chi connectivity index (χ0) is 23.1. The normalized spacial score (nSPS) is 17.8. The Kier molecular flexibility index (Phi) is 5.51. The summed E-state index contributed by atoms with van der Waals surface area (Å²) in [6, 6.07) is 4.57. The first-order valence-corrected chi connectivity index (χ1v) is 11.2. The first-order chi connectivity index (χ1) is 16.0. The van der Waals surface area contributed by atoms with E-state index in [1.807, 2.05) is 4.57 Å². The lowest BCUT2D eigenvalue weighted by molar-refractivity contribution is 0.101. The predicted octanol–water partition coefficient (Wildman–Crippen LogP) is 5.15. The molecule has 3 aromatic rings. The van der Waals surface area contributed by atoms with Crippen LogP contribution < -0.4 is 10.2 Å². The molecule has 1 fully saturated rings. The summed E-state index contributed by atoms with van der Waals surface area (Å²) in [5.74, 6) is 1.56. The van der Waals surface area contributed by atoms with E-state index in [4.69, 9.17) is 4.98 Å². The number of carbonyl (C=O) groups excluding carboxylic acids is 1. The van der Waals surface area contributed by atoms with Gasteiger partial charge in [0.15, 0.2) is 17.4 Å². The molecule has 3 heterocycles. The van der Waals surface area contributed by atoms with Crippen molar-refractivity contribution in [3.05, 3.63) is 47.7 Å². The van der Waals surface area contributed by atoms with Crippen LogP contribution in [0, 0.1) is 0 Å². The van der Waals surface area contributed by atoms with Crippen molar-refractivity contribution in [2.45, 2.75) is 64.5 Å². The largest absolute Gasteiger partial charge is 0.341 e. The number of alkyl halides is 2. The number of aromatic nitrogens is 5. The highest BCUT2D eigenvalue weighted by Crippen LogP contribution is 2.43. The molecule has 0 amide bonds. The van der Waals surface area contributed by atoms with Gasteiger partial charge in [-0.15, -0.1) is 10.2 Å². The van der Waals surface area contributed by atoms with Gasteiger partial charge in [-0.1, -0.05) is 19.8 Å². The zero-order valence-electron chi connectivity index (χ0n) is 18.5. The fourth-order valence-corrected chi connectivity index (χ4v) is 4.90. The van der Waals surface area contributed by atoms with Gasteiger partial charge in [0.2, 0.25) is 5.95 Å². The lowest BCUT2D eigenvalue weighted by atomic mass is 10.0. The minimum Gasteiger partial charge on any atom is -0.341 e. The predicted molar refractivity (Wildman–Crippen MR) is 119 cm³/mol. The molecule has 1 aliphatic carbocycles. The molecule has 8 nitrogen and oxygen atoms in total. The van der Waals surface area contributed by atoms with Crippen molar-refractivity contribution >= 4 is 23.2 Å². The third-order valence-corrected chi connectivity index (χ3v) is 6.51. The van der Waals surface area contributed by atoms with Crippen LogP contribution in [0.25, 0.3) is 5.69 Å². The van der Waals surface area contributed by atoms with Crippen molar-refractivity contribution in [1.29, 1.82) is 0 Å². The van der Waals surface area contributed by atoms with E-state index < -0.39 is 6.43 Å². The van der Waals surface area contributed by atoms with Crippen LogP contribution >= 0.6 is 0 Å². The number of anilines is 3. The Morgan fingerprint density at radius 1 is 1.27 bits per heavy atom. The Hall–Kier alpha value is -3.43. The average Bonchev–Trinajstić information content (AvgIpc) is 3.50. The fraction of sp³-hybridized carbons (Fsp3) is 0.435. The zero-order valence-corrected chi connectivity index (χ0v) is 18.5. The van der Waals surface area contributed by atoms with Gasteiger partial charge in [0.05, 0.1) is 12.2 Å². The second-order valence-corrected chi connectivity index (χ2v) is 8.52. The number of halogens is 2. The number of ketones is 1. The number of nitrogens with one attached hydrogen (secondary N) is 1. The molecule has 0 bridgehead atoms. The first-order valence-electron chi connectivity index (χ1n) is 11.2. The minimum absolute atomic E-state index is 0.0253. The highest BCUT2D eigenvalue weighted by molar-refractivity contribution is 5.94. The van der Waals surface area contributed by atoms with E-state index >= 15 is 0 Å². The van der Waals surface area contributed by atoms with E-state index in [1.54, 1.807) is 12.5 Å². The Morgan fingerprint density at radius 2 is 2.06 bits per heavy atom. The molecule has 1 saturated carbocycles. The third kappa shape index (κ3) is 3.73. The van der Waals surface area contributed by atoms with Crippen LogP contribution in [-0.2, 0) is 0 Å². The summed E-state index contributed by atoms with van der Waals surface area (Å²) >= 11 is 0. The summed E-state index contributed by atoms with van der Waals surface area (Å²) in [5, 5.41) is 11.4. The monoisotopic (exact) mass is 453 g/mol. The molecule has 1 aliphatic heterocycles. The van der Waals surface area contributed by atoms with E-state index in [9.17, 15) is 13.6 Å². The van der Waals surface area contributed by atoms with Crippen LogP contribution in [0.3, 0.4) is 0 Å². The van der Waals surface area contributed by atoms with E-state index in [2.05, 4.69) is 32.3 Å². The van der Waals surface area contributed by atoms with Crippen molar-refractivity contribution in [3.8, 4) is 5.69 Å². The minimum atomic E-state index is -2.75. The van der Waals surface area contributed by atoms with Crippen LogP contribution in [0.5, 0.6) is 0 Å². The van der Waals surface area contributed by atoms with Gasteiger partial charge in [-0.2, -0.15) is 4.98 Å². The molecule has 0 saturated heterocycles. The lowest BCUT2D eigenvalue weighted by Crippen LogP contribution is -2.42. The van der Waals surface area contributed by atoms with Crippen molar-refractivity contribution in [2.24, 2.45) is 0 Å². The van der Waals surface area contributed by atoms with Crippen molar-refractivity contribution in [1.82, 2.24) is 24.7 Å². The first kappa shape index (κ1) is 21.4. The number of hydrogen-bond donors (Lipinski definition) is 1. The lowest BCUT2D eigenvalue weighted by Gasteiger charge is -2.40. The van der Waals surface area contributed by atoms with Crippen molar-refractivity contribution in [3.63, 3.8) is 0 Å². The Labute approximate surface area is 190 Å². The molecule has 0 radical (unpaired) electrons. The number of rotatable bonds is 6. The molecule has 33 heavy (non-hydrogen) atoms. The summed E-state index contributed by atoms with van der Waals surface area (Å²) in [6.45, 7) is 3.47. The van der Waals surface area contributed by atoms with Crippen LogP contribution in [0.2, 0.25) is 0 Å². The van der Waals surface area contributed by atoms with Crippen molar-refractivity contribution in [2.75, 3.05) is 10.2 Å². The molecule has 2 aromatic heterocycles. The molecule has 0 unspecified atom stereocenters. The molecular weight excluding hydrogens is 428 g/mol. The standard InChI is InChI=1S/C23H25F2N7O/c1-3-18-22-30-27-12-31(22)19-11-26-23(29-21(19)32(18)15-6-4-5-7-15)28-17-9-8-14(13(2)33)10-16(17)20(24)25/h8-12,15,18,20H,3-7H2,1-2H3,(H,26,28,29)/t18-/m1/s1. The smallest absolute Gasteiger partial charge is 0.265 e. The quantitative estimate of drug-likeness (QED) is 0.516. The molecule has 1 aromatic carbocycles. The van der Waals surface area contributed by atoms with E-state index in [0.29, 0.717) is 6.04 Å². The number of hydrogen-bond acceptors (Lipinski definition) is 7. The number of benzene rings is 1. The van der Waals surface area contributed by atoms with Gasteiger partial charge in [-0.3, -0.25) is 9.36 Å². The molecule has 0 spiro atoms. The fourth-order valence-electron chi connectivity index (χ4n) is 4.90. The molecule has 2 aliphatic rings. The second kappa shape index (κ2) is 8.49. The topological polar surface area (TPSA) is 88.8 Å². The second-order valence-electron chi connectivity index (χ2n) is 8.52. The number of carbonyl (C=O) groups is 1. The van der Waals surface area contributed by atoms with Crippen LogP contribution in [-0.4, -0.2) is 36.6 Å². The van der Waals surface area contributed by atoms with Crippen LogP contribution in [0.1, 0.15) is 80.2 Å². The number of fused-ring (bicyclic) bond motifs is 3. The molecule has 1 N–H and O–H groups in total. The van der Waals surface area contributed by atoms with Gasteiger partial charge in [-0.25, -0.2) is 13.8 Å².